The van der Waals surface area contributed by atoms with Gasteiger partial charge >= 0.3 is 13.6 Å². The number of hydroxylamine groups is 2. The average molecular weight is 381 g/mol. The molecular formula is C17H36NO6P. The zero-order valence-corrected chi connectivity index (χ0v) is 18.3. The van der Waals surface area contributed by atoms with E-state index in [9.17, 15) is 9.36 Å². The van der Waals surface area contributed by atoms with Crippen molar-refractivity contribution in [3.63, 3.8) is 0 Å². The van der Waals surface area contributed by atoms with Gasteiger partial charge in [-0.1, -0.05) is 20.8 Å². The van der Waals surface area contributed by atoms with Crippen molar-refractivity contribution < 1.29 is 28.0 Å². The smallest absolute Gasteiger partial charge is 0.350 e. The lowest BCUT2D eigenvalue weighted by Gasteiger charge is -2.47. The number of esters is 1. The van der Waals surface area contributed by atoms with Crippen LogP contribution < -0.4 is 0 Å². The van der Waals surface area contributed by atoms with Crippen LogP contribution in [0.5, 0.6) is 0 Å². The van der Waals surface area contributed by atoms with Crippen LogP contribution in [0.4, 0.5) is 0 Å². The maximum Gasteiger partial charge on any atom is 0.350 e. The standard InChI is InChI=1S/C17H36NO6P/c1-11-22-25(20,23-12-2)15(16(4,5)6)18(17(7,8)9)24-13(3)14(19)21-10/h13,15H,11-12H2,1-10H3. The molecule has 0 fully saturated rings. The number of ether oxygens (including phenoxy) is 1. The van der Waals surface area contributed by atoms with Crippen LogP contribution in [0.2, 0.25) is 0 Å². The highest BCUT2D eigenvalue weighted by Gasteiger charge is 2.51. The Balaban J connectivity index is 6.13. The summed E-state index contributed by atoms with van der Waals surface area (Å²) in [5.41, 5.74) is -1.08. The van der Waals surface area contributed by atoms with Gasteiger partial charge in [-0.15, -0.1) is 0 Å². The number of hydrogen-bond donors (Lipinski definition) is 0. The van der Waals surface area contributed by atoms with E-state index < -0.39 is 36.4 Å². The Labute approximate surface area is 152 Å². The minimum absolute atomic E-state index is 0.244. The van der Waals surface area contributed by atoms with E-state index in [4.69, 9.17) is 18.6 Å². The van der Waals surface area contributed by atoms with Crippen LogP contribution in [0.1, 0.15) is 62.3 Å². The minimum atomic E-state index is -3.55. The molecule has 0 rings (SSSR count). The van der Waals surface area contributed by atoms with E-state index >= 15 is 0 Å². The second-order valence-electron chi connectivity index (χ2n) is 7.88. The van der Waals surface area contributed by atoms with Crippen LogP contribution in [0.3, 0.4) is 0 Å². The van der Waals surface area contributed by atoms with E-state index in [1.54, 1.807) is 25.8 Å². The summed E-state index contributed by atoms with van der Waals surface area (Å²) in [6.07, 6.45) is -0.856. The van der Waals surface area contributed by atoms with Gasteiger partial charge < -0.3 is 13.8 Å². The Bertz CT molecular complexity index is 459. The van der Waals surface area contributed by atoms with Crippen LogP contribution in [-0.4, -0.2) is 48.8 Å². The summed E-state index contributed by atoms with van der Waals surface area (Å²) in [7, 11) is -2.25. The number of methoxy groups -OCH3 is 1. The zero-order chi connectivity index (χ0) is 20.1. The van der Waals surface area contributed by atoms with Crippen LogP contribution in [0.25, 0.3) is 0 Å². The van der Waals surface area contributed by atoms with Crippen LogP contribution in [0, 0.1) is 5.41 Å². The predicted molar refractivity (Wildman–Crippen MR) is 98.3 cm³/mol. The second kappa shape index (κ2) is 9.47. The van der Waals surface area contributed by atoms with Crippen molar-refractivity contribution >= 4 is 13.6 Å². The topological polar surface area (TPSA) is 74.3 Å². The maximum atomic E-state index is 13.6. The van der Waals surface area contributed by atoms with Crippen molar-refractivity contribution in [1.29, 1.82) is 0 Å². The van der Waals surface area contributed by atoms with Crippen LogP contribution in [-0.2, 0) is 28.0 Å². The van der Waals surface area contributed by atoms with Crippen molar-refractivity contribution in [3.05, 3.63) is 0 Å². The fourth-order valence-corrected chi connectivity index (χ4v) is 5.14. The normalized spacial score (nSPS) is 16.0. The van der Waals surface area contributed by atoms with Gasteiger partial charge in [0.2, 0.25) is 0 Å². The first-order valence-corrected chi connectivity index (χ1v) is 10.3. The van der Waals surface area contributed by atoms with E-state index in [-0.39, 0.29) is 13.2 Å². The Morgan fingerprint density at radius 3 is 1.76 bits per heavy atom. The van der Waals surface area contributed by atoms with Crippen LogP contribution >= 0.6 is 7.60 Å². The van der Waals surface area contributed by atoms with Crippen molar-refractivity contribution in [1.82, 2.24) is 5.06 Å². The molecule has 0 saturated heterocycles. The van der Waals surface area contributed by atoms with Gasteiger partial charge in [-0.2, -0.15) is 5.06 Å². The quantitative estimate of drug-likeness (QED) is 0.336. The number of nitrogens with zero attached hydrogens (tertiary/aromatic N) is 1. The van der Waals surface area contributed by atoms with E-state index in [0.29, 0.717) is 0 Å². The summed E-state index contributed by atoms with van der Waals surface area (Å²) in [4.78, 5) is 17.8. The van der Waals surface area contributed by atoms with Gasteiger partial charge in [0.15, 0.2) is 6.10 Å². The van der Waals surface area contributed by atoms with Gasteiger partial charge in [0, 0.05) is 5.54 Å². The summed E-state index contributed by atoms with van der Waals surface area (Å²) >= 11 is 0. The van der Waals surface area contributed by atoms with E-state index in [0.717, 1.165) is 0 Å². The van der Waals surface area contributed by atoms with Gasteiger partial charge in [0.05, 0.1) is 20.3 Å². The highest BCUT2D eigenvalue weighted by molar-refractivity contribution is 7.54. The molecular weight excluding hydrogens is 345 g/mol. The third kappa shape index (κ3) is 6.99. The third-order valence-electron chi connectivity index (χ3n) is 3.38. The molecule has 8 heteroatoms. The molecule has 0 spiro atoms. The monoisotopic (exact) mass is 381 g/mol. The summed E-state index contributed by atoms with van der Waals surface area (Å²) in [6.45, 7) is 17.2. The highest BCUT2D eigenvalue weighted by atomic mass is 31.2. The number of rotatable bonds is 9. The fourth-order valence-electron chi connectivity index (χ4n) is 2.45. The van der Waals surface area contributed by atoms with Gasteiger partial charge in [0.25, 0.3) is 0 Å². The molecule has 150 valence electrons. The molecule has 0 aliphatic carbocycles. The minimum Gasteiger partial charge on any atom is -0.467 e. The predicted octanol–water partition coefficient (Wildman–Crippen LogP) is 4.22. The SMILES string of the molecule is CCOP(=O)(OCC)C(N(OC(C)C(=O)OC)C(C)(C)C)C(C)(C)C. The summed E-state index contributed by atoms with van der Waals surface area (Å²) in [6, 6.07) is 0. The molecule has 0 aliphatic heterocycles. The first kappa shape index (κ1) is 24.5. The molecule has 0 aromatic carbocycles. The van der Waals surface area contributed by atoms with Gasteiger partial charge in [0.1, 0.15) is 5.78 Å². The van der Waals surface area contributed by atoms with E-state index in [1.807, 2.05) is 41.5 Å². The van der Waals surface area contributed by atoms with Crippen molar-refractivity contribution in [3.8, 4) is 0 Å². The third-order valence-corrected chi connectivity index (χ3v) is 6.20. The molecule has 0 aromatic heterocycles. The van der Waals surface area contributed by atoms with Gasteiger partial charge in [-0.05, 0) is 47.0 Å². The molecule has 0 heterocycles. The molecule has 0 N–H and O–H groups in total. The van der Waals surface area contributed by atoms with E-state index in [1.165, 1.54) is 7.11 Å². The second-order valence-corrected chi connectivity index (χ2v) is 9.97. The Morgan fingerprint density at radius 1 is 1.04 bits per heavy atom. The van der Waals surface area contributed by atoms with Crippen molar-refractivity contribution in [2.24, 2.45) is 5.41 Å². The molecule has 7 nitrogen and oxygen atoms in total. The largest absolute Gasteiger partial charge is 0.467 e. The van der Waals surface area contributed by atoms with Crippen molar-refractivity contribution in [2.45, 2.75) is 79.7 Å². The highest BCUT2D eigenvalue weighted by Crippen LogP contribution is 2.60. The molecule has 2 unspecified atom stereocenters. The van der Waals surface area contributed by atoms with Crippen LogP contribution in [0.15, 0.2) is 0 Å². The maximum absolute atomic E-state index is 13.6. The molecule has 0 aliphatic rings. The first-order valence-electron chi connectivity index (χ1n) is 8.67. The fraction of sp³-hybridized carbons (Fsp3) is 0.941. The Kier molecular flexibility index (Phi) is 9.29. The summed E-state index contributed by atoms with van der Waals surface area (Å²) in [5, 5.41) is 1.57. The van der Waals surface area contributed by atoms with E-state index in [2.05, 4.69) is 0 Å². The number of hydrogen-bond acceptors (Lipinski definition) is 7. The lowest BCUT2D eigenvalue weighted by Crippen LogP contribution is -2.55. The summed E-state index contributed by atoms with van der Waals surface area (Å²) in [5.74, 6) is -1.23. The number of carbonyl (C=O) groups is 1. The van der Waals surface area contributed by atoms with Crippen molar-refractivity contribution in [2.75, 3.05) is 20.3 Å². The number of carbonyl (C=O) groups excluding carboxylic acids is 1. The molecule has 0 aromatic rings. The lowest BCUT2D eigenvalue weighted by molar-refractivity contribution is -0.262. The average Bonchev–Trinajstić information content (AvgIpc) is 2.43. The van der Waals surface area contributed by atoms with Gasteiger partial charge in [-0.25, -0.2) is 4.79 Å². The molecule has 0 radical (unpaired) electrons. The molecule has 0 bridgehead atoms. The molecule has 2 atom stereocenters. The summed E-state index contributed by atoms with van der Waals surface area (Å²) < 4.78 is 29.5. The Morgan fingerprint density at radius 2 is 1.48 bits per heavy atom. The lowest BCUT2D eigenvalue weighted by atomic mass is 9.94. The Hall–Kier alpha value is -0.460. The first-order chi connectivity index (χ1) is 11.2. The molecule has 25 heavy (non-hydrogen) atoms. The zero-order valence-electron chi connectivity index (χ0n) is 17.4. The van der Waals surface area contributed by atoms with Gasteiger partial charge in [-0.3, -0.25) is 9.40 Å². The molecule has 0 saturated carbocycles. The molecule has 0 amide bonds.